The van der Waals surface area contributed by atoms with E-state index in [2.05, 4.69) is 18.2 Å². The molecule has 0 bridgehead atoms. The minimum Gasteiger partial charge on any atom is -0.198 e. The van der Waals surface area contributed by atoms with Gasteiger partial charge in [-0.3, -0.25) is 0 Å². The smallest absolute Gasteiger partial charge is 0.0659 e. The van der Waals surface area contributed by atoms with Crippen LogP contribution in [0.2, 0.25) is 0 Å². The van der Waals surface area contributed by atoms with Crippen molar-refractivity contribution in [2.45, 2.75) is 32.1 Å². The molecule has 1 rings (SSSR count). The van der Waals surface area contributed by atoms with E-state index in [0.717, 1.165) is 12.8 Å². The fraction of sp³-hybridized carbons (Fsp3) is 0.667. The van der Waals surface area contributed by atoms with Crippen molar-refractivity contribution in [3.8, 4) is 6.07 Å². The van der Waals surface area contributed by atoms with E-state index in [0.29, 0.717) is 0 Å². The zero-order chi connectivity index (χ0) is 7.23. The van der Waals surface area contributed by atoms with Crippen LogP contribution < -0.4 is 0 Å². The van der Waals surface area contributed by atoms with Gasteiger partial charge in [-0.15, -0.1) is 0 Å². The molecule has 1 heteroatoms. The van der Waals surface area contributed by atoms with Crippen LogP contribution in [0.5, 0.6) is 0 Å². The molecular formula is C9H13N. The van der Waals surface area contributed by atoms with Gasteiger partial charge in [0.15, 0.2) is 0 Å². The second-order valence-electron chi connectivity index (χ2n) is 2.82. The van der Waals surface area contributed by atoms with E-state index in [4.69, 9.17) is 5.26 Å². The molecule has 0 fully saturated rings. The van der Waals surface area contributed by atoms with Crippen LogP contribution in [0.1, 0.15) is 32.1 Å². The van der Waals surface area contributed by atoms with E-state index in [-0.39, 0.29) is 5.92 Å². The van der Waals surface area contributed by atoms with Gasteiger partial charge >= 0.3 is 0 Å². The predicted molar refractivity (Wildman–Crippen MR) is 41.3 cm³/mol. The summed E-state index contributed by atoms with van der Waals surface area (Å²) in [6.45, 7) is 0. The first kappa shape index (κ1) is 7.34. The Kier molecular flexibility index (Phi) is 3.02. The number of allylic oxidation sites excluding steroid dienone is 2. The van der Waals surface area contributed by atoms with Crippen molar-refractivity contribution >= 4 is 0 Å². The monoisotopic (exact) mass is 135 g/mol. The summed E-state index contributed by atoms with van der Waals surface area (Å²) in [5.41, 5.74) is 0. The molecule has 0 heterocycles. The van der Waals surface area contributed by atoms with Crippen molar-refractivity contribution in [1.29, 1.82) is 5.26 Å². The Hall–Kier alpha value is -0.770. The lowest BCUT2D eigenvalue weighted by molar-refractivity contribution is 0.549. The first-order valence-electron chi connectivity index (χ1n) is 3.98. The fourth-order valence-electron chi connectivity index (χ4n) is 1.27. The van der Waals surface area contributed by atoms with Gasteiger partial charge < -0.3 is 0 Å². The quantitative estimate of drug-likeness (QED) is 0.468. The maximum atomic E-state index is 8.62. The van der Waals surface area contributed by atoms with Crippen LogP contribution >= 0.6 is 0 Å². The average Bonchev–Trinajstić information content (AvgIpc) is 1.87. The molecule has 54 valence electrons. The second kappa shape index (κ2) is 4.11. The highest BCUT2D eigenvalue weighted by atomic mass is 14.3. The normalized spacial score (nSPS) is 29.7. The summed E-state index contributed by atoms with van der Waals surface area (Å²) < 4.78 is 0. The lowest BCUT2D eigenvalue weighted by Crippen LogP contribution is -1.96. The Labute approximate surface area is 62.4 Å². The predicted octanol–water partition coefficient (Wildman–Crippen LogP) is 2.65. The summed E-state index contributed by atoms with van der Waals surface area (Å²) in [6.07, 6.45) is 10.1. The van der Waals surface area contributed by atoms with Crippen molar-refractivity contribution in [2.24, 2.45) is 5.92 Å². The minimum atomic E-state index is 0.288. The van der Waals surface area contributed by atoms with Crippen LogP contribution in [-0.4, -0.2) is 0 Å². The van der Waals surface area contributed by atoms with Crippen LogP contribution in [0.4, 0.5) is 0 Å². The van der Waals surface area contributed by atoms with Crippen LogP contribution in [0.3, 0.4) is 0 Å². The molecule has 0 radical (unpaired) electrons. The van der Waals surface area contributed by atoms with Gasteiger partial charge in [-0.05, 0) is 25.7 Å². The number of hydrogen-bond acceptors (Lipinski definition) is 1. The maximum Gasteiger partial charge on any atom is 0.0659 e. The molecule has 0 spiro atoms. The van der Waals surface area contributed by atoms with Crippen molar-refractivity contribution in [3.05, 3.63) is 12.2 Å². The number of nitrogens with zero attached hydrogens (tertiary/aromatic N) is 1. The van der Waals surface area contributed by atoms with Gasteiger partial charge in [0.25, 0.3) is 0 Å². The number of hydrogen-bond donors (Lipinski definition) is 0. The molecule has 0 aromatic carbocycles. The highest BCUT2D eigenvalue weighted by Crippen LogP contribution is 2.16. The highest BCUT2D eigenvalue weighted by Gasteiger charge is 2.05. The minimum absolute atomic E-state index is 0.288. The van der Waals surface area contributed by atoms with Gasteiger partial charge in [-0.25, -0.2) is 0 Å². The van der Waals surface area contributed by atoms with E-state index < -0.39 is 0 Å². The Bertz CT molecular complexity index is 153. The molecule has 10 heavy (non-hydrogen) atoms. The van der Waals surface area contributed by atoms with E-state index in [9.17, 15) is 0 Å². The Morgan fingerprint density at radius 2 is 2.20 bits per heavy atom. The summed E-state index contributed by atoms with van der Waals surface area (Å²) in [6, 6.07) is 2.32. The van der Waals surface area contributed by atoms with Gasteiger partial charge in [0.1, 0.15) is 0 Å². The first-order valence-corrected chi connectivity index (χ1v) is 3.98. The third-order valence-corrected chi connectivity index (χ3v) is 1.94. The molecule has 0 aliphatic heterocycles. The average molecular weight is 135 g/mol. The maximum absolute atomic E-state index is 8.62. The van der Waals surface area contributed by atoms with Crippen molar-refractivity contribution in [2.75, 3.05) is 0 Å². The largest absolute Gasteiger partial charge is 0.198 e. The Morgan fingerprint density at radius 1 is 1.30 bits per heavy atom. The topological polar surface area (TPSA) is 23.8 Å². The van der Waals surface area contributed by atoms with Crippen LogP contribution in [0.25, 0.3) is 0 Å². The molecular weight excluding hydrogens is 122 g/mol. The third kappa shape index (κ3) is 2.23. The summed E-state index contributed by atoms with van der Waals surface area (Å²) in [5, 5.41) is 8.62. The summed E-state index contributed by atoms with van der Waals surface area (Å²) in [5.74, 6) is 0.288. The summed E-state index contributed by atoms with van der Waals surface area (Å²) >= 11 is 0. The van der Waals surface area contributed by atoms with Gasteiger partial charge in [-0.2, -0.15) is 5.26 Å². The summed E-state index contributed by atoms with van der Waals surface area (Å²) in [7, 11) is 0. The molecule has 1 aliphatic carbocycles. The fourth-order valence-corrected chi connectivity index (χ4v) is 1.27. The number of nitriles is 1. The van der Waals surface area contributed by atoms with Crippen LogP contribution in [0.15, 0.2) is 12.2 Å². The zero-order valence-corrected chi connectivity index (χ0v) is 6.21. The van der Waals surface area contributed by atoms with E-state index in [1.165, 1.54) is 19.3 Å². The van der Waals surface area contributed by atoms with Crippen molar-refractivity contribution in [3.63, 3.8) is 0 Å². The van der Waals surface area contributed by atoms with Gasteiger partial charge in [0.2, 0.25) is 0 Å². The zero-order valence-electron chi connectivity index (χ0n) is 6.21. The molecule has 1 atom stereocenters. The molecule has 1 unspecified atom stereocenters. The van der Waals surface area contributed by atoms with Gasteiger partial charge in [0, 0.05) is 5.92 Å². The highest BCUT2D eigenvalue weighted by molar-refractivity contribution is 4.93. The van der Waals surface area contributed by atoms with Crippen molar-refractivity contribution < 1.29 is 0 Å². The lowest BCUT2D eigenvalue weighted by Gasteiger charge is -2.07. The molecule has 0 amide bonds. The molecule has 0 aromatic rings. The van der Waals surface area contributed by atoms with Crippen LogP contribution in [-0.2, 0) is 0 Å². The molecule has 0 aromatic heterocycles. The van der Waals surface area contributed by atoms with Crippen molar-refractivity contribution in [1.82, 2.24) is 0 Å². The molecule has 0 saturated heterocycles. The van der Waals surface area contributed by atoms with Gasteiger partial charge in [-0.1, -0.05) is 18.6 Å². The van der Waals surface area contributed by atoms with Gasteiger partial charge in [0.05, 0.1) is 6.07 Å². The standard InChI is InChI=1S/C9H13N/c10-8-9-6-4-2-1-3-5-7-9/h2,4,9H,1,3,5-7H2/b4-2-. The van der Waals surface area contributed by atoms with E-state index >= 15 is 0 Å². The van der Waals surface area contributed by atoms with Crippen LogP contribution in [0, 0.1) is 17.2 Å². The SMILES string of the molecule is N#CC1C/C=C\CCCC1. The first-order chi connectivity index (χ1) is 4.93. The third-order valence-electron chi connectivity index (χ3n) is 1.94. The molecule has 1 aliphatic rings. The molecule has 0 N–H and O–H groups in total. The second-order valence-corrected chi connectivity index (χ2v) is 2.82. The lowest BCUT2D eigenvalue weighted by atomic mass is 9.96. The summed E-state index contributed by atoms with van der Waals surface area (Å²) in [4.78, 5) is 0. The Morgan fingerprint density at radius 3 is 3.00 bits per heavy atom. The molecule has 1 nitrogen and oxygen atoms in total. The Balaban J connectivity index is 2.39. The van der Waals surface area contributed by atoms with E-state index in [1.807, 2.05) is 0 Å². The number of rotatable bonds is 0. The molecule has 0 saturated carbocycles. The van der Waals surface area contributed by atoms with E-state index in [1.54, 1.807) is 0 Å².